The van der Waals surface area contributed by atoms with Crippen molar-refractivity contribution in [3.63, 3.8) is 0 Å². The van der Waals surface area contributed by atoms with Gasteiger partial charge in [-0.2, -0.15) is 0 Å². The summed E-state index contributed by atoms with van der Waals surface area (Å²) in [5, 5.41) is 0.505. The number of carbonyl (C=O) groups is 1. The lowest BCUT2D eigenvalue weighted by molar-refractivity contribution is 0.0730. The SMILES string of the molecule is CC(C)(C)c1ccc([C@H]2c3c(oc4ccccc4c3=O)C(=O)N2CCc2ccccc2)cc1. The molecule has 0 spiro atoms. The molecule has 0 radical (unpaired) electrons. The van der Waals surface area contributed by atoms with Crippen LogP contribution in [0.4, 0.5) is 0 Å². The Bertz CT molecular complexity index is 1380. The molecule has 0 saturated heterocycles. The second-order valence-corrected chi connectivity index (χ2v) is 9.68. The van der Waals surface area contributed by atoms with Crippen molar-refractivity contribution >= 4 is 16.9 Å². The molecule has 5 rings (SSSR count). The van der Waals surface area contributed by atoms with Crippen molar-refractivity contribution in [2.75, 3.05) is 6.54 Å². The van der Waals surface area contributed by atoms with Gasteiger partial charge in [0, 0.05) is 6.54 Å². The van der Waals surface area contributed by atoms with E-state index in [9.17, 15) is 9.59 Å². The zero-order chi connectivity index (χ0) is 23.2. The summed E-state index contributed by atoms with van der Waals surface area (Å²) in [5.41, 5.74) is 4.05. The van der Waals surface area contributed by atoms with Gasteiger partial charge in [0.2, 0.25) is 5.76 Å². The first-order chi connectivity index (χ1) is 15.8. The van der Waals surface area contributed by atoms with E-state index in [0.29, 0.717) is 29.5 Å². The average molecular weight is 438 g/mol. The predicted octanol–water partition coefficient (Wildman–Crippen LogP) is 5.88. The number of fused-ring (bicyclic) bond motifs is 2. The Morgan fingerprint density at radius 2 is 1.52 bits per heavy atom. The molecule has 0 saturated carbocycles. The van der Waals surface area contributed by atoms with Crippen LogP contribution in [-0.2, 0) is 11.8 Å². The van der Waals surface area contributed by atoms with Gasteiger partial charge < -0.3 is 9.32 Å². The second kappa shape index (κ2) is 8.04. The number of benzene rings is 3. The lowest BCUT2D eigenvalue weighted by atomic mass is 9.86. The maximum Gasteiger partial charge on any atom is 0.290 e. The lowest BCUT2D eigenvalue weighted by Gasteiger charge is -2.26. The van der Waals surface area contributed by atoms with Crippen molar-refractivity contribution < 1.29 is 9.21 Å². The van der Waals surface area contributed by atoms with Gasteiger partial charge in [-0.1, -0.05) is 87.5 Å². The third kappa shape index (κ3) is 3.76. The first-order valence-electron chi connectivity index (χ1n) is 11.4. The van der Waals surface area contributed by atoms with E-state index in [1.807, 2.05) is 42.5 Å². The molecule has 0 N–H and O–H groups in total. The molecule has 0 aliphatic carbocycles. The highest BCUT2D eigenvalue weighted by Gasteiger charge is 2.42. The highest BCUT2D eigenvalue weighted by Crippen LogP contribution is 2.38. The van der Waals surface area contributed by atoms with Gasteiger partial charge in [-0.15, -0.1) is 0 Å². The Morgan fingerprint density at radius 1 is 0.848 bits per heavy atom. The van der Waals surface area contributed by atoms with Gasteiger partial charge in [0.15, 0.2) is 5.43 Å². The van der Waals surface area contributed by atoms with E-state index in [2.05, 4.69) is 45.0 Å². The number of amides is 1. The quantitative estimate of drug-likeness (QED) is 0.401. The van der Waals surface area contributed by atoms with Crippen molar-refractivity contribution in [2.45, 2.75) is 38.6 Å². The van der Waals surface area contributed by atoms with Crippen LogP contribution in [-0.4, -0.2) is 17.4 Å². The van der Waals surface area contributed by atoms with E-state index in [4.69, 9.17) is 4.42 Å². The minimum Gasteiger partial charge on any atom is -0.450 e. The van der Waals surface area contributed by atoms with Crippen LogP contribution in [0.1, 0.15) is 59.6 Å². The molecule has 4 heteroatoms. The fourth-order valence-corrected chi connectivity index (χ4v) is 4.60. The molecule has 166 valence electrons. The molecule has 1 atom stereocenters. The summed E-state index contributed by atoms with van der Waals surface area (Å²) in [7, 11) is 0. The smallest absolute Gasteiger partial charge is 0.290 e. The highest BCUT2D eigenvalue weighted by molar-refractivity contribution is 5.99. The van der Waals surface area contributed by atoms with Gasteiger partial charge in [0.05, 0.1) is 17.0 Å². The summed E-state index contributed by atoms with van der Waals surface area (Å²) in [6.45, 7) is 7.00. The molecule has 2 heterocycles. The van der Waals surface area contributed by atoms with Crippen LogP contribution in [0.15, 0.2) is 88.1 Å². The normalized spacial score (nSPS) is 15.8. The summed E-state index contributed by atoms with van der Waals surface area (Å²) in [5.74, 6) is -0.0645. The third-order valence-corrected chi connectivity index (χ3v) is 6.45. The molecule has 0 fully saturated rings. The Hall–Kier alpha value is -3.66. The second-order valence-electron chi connectivity index (χ2n) is 9.68. The van der Waals surface area contributed by atoms with Crippen molar-refractivity contribution in [3.8, 4) is 0 Å². The van der Waals surface area contributed by atoms with Gasteiger partial charge in [-0.25, -0.2) is 0 Å². The van der Waals surface area contributed by atoms with Crippen LogP contribution >= 0.6 is 0 Å². The third-order valence-electron chi connectivity index (χ3n) is 6.45. The van der Waals surface area contributed by atoms with Gasteiger partial charge in [-0.3, -0.25) is 9.59 Å². The van der Waals surface area contributed by atoms with Crippen LogP contribution in [0.2, 0.25) is 0 Å². The van der Waals surface area contributed by atoms with Crippen molar-refractivity contribution in [3.05, 3.63) is 117 Å². The van der Waals surface area contributed by atoms with Gasteiger partial charge in [0.25, 0.3) is 5.91 Å². The number of nitrogens with zero attached hydrogens (tertiary/aromatic N) is 1. The summed E-state index contributed by atoms with van der Waals surface area (Å²) in [6.07, 6.45) is 0.699. The monoisotopic (exact) mass is 437 g/mol. The minimum absolute atomic E-state index is 0.0180. The zero-order valence-electron chi connectivity index (χ0n) is 19.2. The largest absolute Gasteiger partial charge is 0.450 e. The average Bonchev–Trinajstić information content (AvgIpc) is 3.10. The van der Waals surface area contributed by atoms with Crippen LogP contribution in [0.25, 0.3) is 11.0 Å². The van der Waals surface area contributed by atoms with Crippen LogP contribution < -0.4 is 5.43 Å². The number of rotatable bonds is 4. The standard InChI is InChI=1S/C29H27NO3/c1-29(2,3)21-15-13-20(14-16-21)25-24-26(31)22-11-7-8-12-23(22)33-27(24)28(32)30(25)18-17-19-9-5-4-6-10-19/h4-16,25H,17-18H2,1-3H3/t25-/m0/s1. The van der Waals surface area contributed by atoms with Crippen molar-refractivity contribution in [1.29, 1.82) is 0 Å². The fourth-order valence-electron chi connectivity index (χ4n) is 4.60. The van der Waals surface area contributed by atoms with E-state index < -0.39 is 6.04 Å². The fraction of sp³-hybridized carbons (Fsp3) is 0.241. The molecule has 33 heavy (non-hydrogen) atoms. The van der Waals surface area contributed by atoms with Gasteiger partial charge in [0.1, 0.15) is 5.58 Å². The zero-order valence-corrected chi connectivity index (χ0v) is 19.2. The Labute approximate surface area is 193 Å². The molecule has 3 aromatic carbocycles. The minimum atomic E-state index is -0.467. The Balaban J connectivity index is 1.63. The van der Waals surface area contributed by atoms with E-state index in [-0.39, 0.29) is 22.5 Å². The molecule has 1 aromatic heterocycles. The summed E-state index contributed by atoms with van der Waals surface area (Å²) in [4.78, 5) is 28.9. The molecule has 0 bridgehead atoms. The molecule has 4 nitrogen and oxygen atoms in total. The van der Waals surface area contributed by atoms with Crippen molar-refractivity contribution in [2.24, 2.45) is 0 Å². The predicted molar refractivity (Wildman–Crippen MR) is 131 cm³/mol. The van der Waals surface area contributed by atoms with E-state index in [1.54, 1.807) is 17.0 Å². The lowest BCUT2D eigenvalue weighted by Crippen LogP contribution is -2.31. The molecule has 1 amide bonds. The van der Waals surface area contributed by atoms with Crippen LogP contribution in [0.5, 0.6) is 0 Å². The summed E-state index contributed by atoms with van der Waals surface area (Å²) >= 11 is 0. The highest BCUT2D eigenvalue weighted by atomic mass is 16.3. The van der Waals surface area contributed by atoms with E-state index in [0.717, 1.165) is 11.1 Å². The maximum atomic E-state index is 13.6. The Morgan fingerprint density at radius 3 is 2.21 bits per heavy atom. The molecular weight excluding hydrogens is 410 g/mol. The molecule has 0 unspecified atom stereocenters. The van der Waals surface area contributed by atoms with Gasteiger partial charge in [-0.05, 0) is 40.7 Å². The maximum absolute atomic E-state index is 13.6. The topological polar surface area (TPSA) is 50.5 Å². The molecule has 1 aliphatic heterocycles. The molecular formula is C29H27NO3. The first kappa shape index (κ1) is 21.2. The van der Waals surface area contributed by atoms with Crippen LogP contribution in [0.3, 0.4) is 0 Å². The van der Waals surface area contributed by atoms with E-state index in [1.165, 1.54) is 5.56 Å². The number of hydrogen-bond acceptors (Lipinski definition) is 3. The number of carbonyl (C=O) groups excluding carboxylic acids is 1. The summed E-state index contributed by atoms with van der Waals surface area (Å²) in [6, 6.07) is 25.0. The summed E-state index contributed by atoms with van der Waals surface area (Å²) < 4.78 is 6.02. The van der Waals surface area contributed by atoms with Crippen LogP contribution in [0, 0.1) is 0 Å². The van der Waals surface area contributed by atoms with Crippen molar-refractivity contribution in [1.82, 2.24) is 4.90 Å². The van der Waals surface area contributed by atoms with E-state index >= 15 is 0 Å². The molecule has 1 aliphatic rings. The van der Waals surface area contributed by atoms with Gasteiger partial charge >= 0.3 is 0 Å². The first-order valence-corrected chi connectivity index (χ1v) is 11.4. The molecule has 4 aromatic rings. The number of para-hydroxylation sites is 1. The number of hydrogen-bond donors (Lipinski definition) is 0. The Kier molecular flexibility index (Phi) is 5.16.